The number of hydrogen-bond donors (Lipinski definition) is 1. The van der Waals surface area contributed by atoms with Crippen LogP contribution >= 0.6 is 11.8 Å². The van der Waals surface area contributed by atoms with Gasteiger partial charge in [-0.15, -0.1) is 0 Å². The van der Waals surface area contributed by atoms with Crippen molar-refractivity contribution in [2.75, 3.05) is 19.1 Å². The molecule has 0 amide bonds. The van der Waals surface area contributed by atoms with Gasteiger partial charge in [0.05, 0.1) is 0 Å². The molecule has 1 aromatic carbocycles. The van der Waals surface area contributed by atoms with Crippen molar-refractivity contribution in [3.8, 4) is 0 Å². The first-order valence-corrected chi connectivity index (χ1v) is 7.17. The van der Waals surface area contributed by atoms with E-state index in [0.717, 1.165) is 29.2 Å². The highest BCUT2D eigenvalue weighted by Crippen LogP contribution is 2.23. The largest absolute Gasteiger partial charge is 0.441 e. The number of hydrogen-bond acceptors (Lipinski definition) is 4. The Hall–Kier alpha value is -1.00. The average molecular weight is 250 g/mol. The molecule has 1 unspecified atom stereocenters. The van der Waals surface area contributed by atoms with E-state index in [-0.39, 0.29) is 0 Å². The summed E-state index contributed by atoms with van der Waals surface area (Å²) < 4.78 is 5.48. The molecule has 1 N–H and O–H groups in total. The van der Waals surface area contributed by atoms with Gasteiger partial charge in [-0.05, 0) is 43.2 Å². The first-order valence-electron chi connectivity index (χ1n) is 5.78. The third-order valence-electron chi connectivity index (χ3n) is 2.88. The molecule has 0 aliphatic rings. The van der Waals surface area contributed by atoms with Gasteiger partial charge in [-0.25, -0.2) is 4.98 Å². The predicted octanol–water partition coefficient (Wildman–Crippen LogP) is 3.15. The molecule has 4 heteroatoms. The Morgan fingerprint density at radius 1 is 1.47 bits per heavy atom. The van der Waals surface area contributed by atoms with Crippen LogP contribution in [0.3, 0.4) is 0 Å². The predicted molar refractivity (Wildman–Crippen MR) is 73.5 cm³/mol. The summed E-state index contributed by atoms with van der Waals surface area (Å²) in [5.41, 5.74) is 3.10. The molecule has 3 nitrogen and oxygen atoms in total. The van der Waals surface area contributed by atoms with Gasteiger partial charge in [-0.3, -0.25) is 0 Å². The second kappa shape index (κ2) is 5.56. The molecule has 17 heavy (non-hydrogen) atoms. The Kier molecular flexibility index (Phi) is 4.07. The van der Waals surface area contributed by atoms with Gasteiger partial charge in [0, 0.05) is 13.0 Å². The number of nitrogens with one attached hydrogen (secondary N) is 1. The Balaban J connectivity index is 2.26. The van der Waals surface area contributed by atoms with Crippen LogP contribution in [0.2, 0.25) is 0 Å². The molecular formula is C13H18N2OS. The minimum absolute atomic E-state index is 0.392. The summed E-state index contributed by atoms with van der Waals surface area (Å²) >= 11 is 1.87. The molecule has 1 heterocycles. The summed E-state index contributed by atoms with van der Waals surface area (Å²) in [6, 6.07) is 6.64. The van der Waals surface area contributed by atoms with Crippen molar-refractivity contribution in [1.82, 2.24) is 10.3 Å². The van der Waals surface area contributed by atoms with Crippen LogP contribution in [-0.2, 0) is 0 Å². The molecule has 0 radical (unpaired) electrons. The van der Waals surface area contributed by atoms with Gasteiger partial charge in [-0.2, -0.15) is 11.8 Å². The first kappa shape index (κ1) is 12.5. The molecule has 92 valence electrons. The van der Waals surface area contributed by atoms with E-state index in [9.17, 15) is 0 Å². The van der Waals surface area contributed by atoms with Crippen LogP contribution in [0.5, 0.6) is 0 Å². The molecule has 1 atom stereocenters. The number of aromatic nitrogens is 1. The van der Waals surface area contributed by atoms with Gasteiger partial charge in [0.1, 0.15) is 5.52 Å². The normalized spacial score (nSPS) is 13.1. The lowest BCUT2D eigenvalue weighted by Crippen LogP contribution is -2.16. The van der Waals surface area contributed by atoms with E-state index in [0.29, 0.717) is 6.04 Å². The van der Waals surface area contributed by atoms with Crippen molar-refractivity contribution in [3.05, 3.63) is 29.7 Å². The van der Waals surface area contributed by atoms with E-state index in [2.05, 4.69) is 28.7 Å². The van der Waals surface area contributed by atoms with Gasteiger partial charge in [0.15, 0.2) is 11.5 Å². The zero-order valence-electron chi connectivity index (χ0n) is 10.5. The second-order valence-corrected chi connectivity index (χ2v) is 5.07. The lowest BCUT2D eigenvalue weighted by molar-refractivity contribution is 0.560. The monoisotopic (exact) mass is 250 g/mol. The number of fused-ring (bicyclic) bond motifs is 1. The van der Waals surface area contributed by atoms with Crippen LogP contribution in [0.15, 0.2) is 22.6 Å². The molecule has 0 aliphatic heterocycles. The minimum atomic E-state index is 0.392. The molecule has 0 fully saturated rings. The molecule has 0 aliphatic carbocycles. The van der Waals surface area contributed by atoms with Gasteiger partial charge in [-0.1, -0.05) is 6.07 Å². The molecule has 0 saturated heterocycles. The fourth-order valence-electron chi connectivity index (χ4n) is 1.99. The van der Waals surface area contributed by atoms with Gasteiger partial charge in [0.25, 0.3) is 0 Å². The van der Waals surface area contributed by atoms with E-state index in [1.165, 1.54) is 5.56 Å². The molecule has 0 spiro atoms. The van der Waals surface area contributed by atoms with Crippen molar-refractivity contribution in [1.29, 1.82) is 0 Å². The van der Waals surface area contributed by atoms with Crippen LogP contribution in [-0.4, -0.2) is 24.0 Å². The number of benzene rings is 1. The van der Waals surface area contributed by atoms with Crippen molar-refractivity contribution >= 4 is 22.9 Å². The quantitative estimate of drug-likeness (QED) is 0.884. The number of aryl methyl sites for hydroxylation is 1. The molecule has 0 bridgehead atoms. The number of nitrogens with zero attached hydrogens (tertiary/aromatic N) is 1. The smallest absolute Gasteiger partial charge is 0.192 e. The van der Waals surface area contributed by atoms with E-state index in [4.69, 9.17) is 4.42 Å². The molecule has 2 aromatic rings. The Morgan fingerprint density at radius 3 is 3.00 bits per heavy atom. The van der Waals surface area contributed by atoms with Gasteiger partial charge in [0.2, 0.25) is 0 Å². The first-order chi connectivity index (χ1) is 8.24. The highest BCUT2D eigenvalue weighted by Gasteiger charge is 2.11. The highest BCUT2D eigenvalue weighted by molar-refractivity contribution is 7.98. The van der Waals surface area contributed by atoms with E-state index in [1.807, 2.05) is 31.8 Å². The zero-order chi connectivity index (χ0) is 12.3. The molecular weight excluding hydrogens is 232 g/mol. The van der Waals surface area contributed by atoms with Gasteiger partial charge >= 0.3 is 0 Å². The van der Waals surface area contributed by atoms with Crippen molar-refractivity contribution in [3.63, 3.8) is 0 Å². The summed E-state index contributed by atoms with van der Waals surface area (Å²) in [6.45, 7) is 1.88. The van der Waals surface area contributed by atoms with Crippen molar-refractivity contribution in [2.45, 2.75) is 19.4 Å². The topological polar surface area (TPSA) is 38.1 Å². The fourth-order valence-corrected chi connectivity index (χ4v) is 2.46. The minimum Gasteiger partial charge on any atom is -0.441 e. The third-order valence-corrected chi connectivity index (χ3v) is 3.52. The molecule has 1 aromatic heterocycles. The number of thioether (sulfide) groups is 1. The second-order valence-electron chi connectivity index (χ2n) is 4.08. The number of rotatable bonds is 5. The maximum atomic E-state index is 5.48. The molecule has 0 saturated carbocycles. The lowest BCUT2D eigenvalue weighted by atomic mass is 10.0. The van der Waals surface area contributed by atoms with Crippen LogP contribution in [0.1, 0.15) is 23.9 Å². The lowest BCUT2D eigenvalue weighted by Gasteiger charge is -2.15. The van der Waals surface area contributed by atoms with E-state index < -0.39 is 0 Å². The highest BCUT2D eigenvalue weighted by atomic mass is 32.2. The zero-order valence-corrected chi connectivity index (χ0v) is 11.3. The van der Waals surface area contributed by atoms with Gasteiger partial charge < -0.3 is 9.73 Å². The Bertz CT molecular complexity index is 495. The van der Waals surface area contributed by atoms with Crippen molar-refractivity contribution in [2.24, 2.45) is 0 Å². The number of oxazole rings is 1. The maximum Gasteiger partial charge on any atom is 0.192 e. The summed E-state index contributed by atoms with van der Waals surface area (Å²) in [6.07, 6.45) is 3.26. The molecule has 2 rings (SSSR count). The standard InChI is InChI=1S/C13H18N2OS/c1-9-15-12-8-10(4-5-13(12)16-9)11(14-2)6-7-17-3/h4-5,8,11,14H,6-7H2,1-3H3. The fraction of sp³-hybridized carbons (Fsp3) is 0.462. The third kappa shape index (κ3) is 2.82. The van der Waals surface area contributed by atoms with Crippen LogP contribution in [0.4, 0.5) is 0 Å². The van der Waals surface area contributed by atoms with Crippen LogP contribution in [0, 0.1) is 6.92 Å². The summed E-state index contributed by atoms with van der Waals surface area (Å²) in [5, 5.41) is 3.35. The Labute approximate surface area is 106 Å². The summed E-state index contributed by atoms with van der Waals surface area (Å²) in [5.74, 6) is 1.88. The maximum absolute atomic E-state index is 5.48. The summed E-state index contributed by atoms with van der Waals surface area (Å²) in [4.78, 5) is 4.37. The summed E-state index contributed by atoms with van der Waals surface area (Å²) in [7, 11) is 2.00. The van der Waals surface area contributed by atoms with E-state index >= 15 is 0 Å². The van der Waals surface area contributed by atoms with E-state index in [1.54, 1.807) is 0 Å². The average Bonchev–Trinajstić information content (AvgIpc) is 2.69. The SMILES string of the molecule is CNC(CCSC)c1ccc2oc(C)nc2c1. The van der Waals surface area contributed by atoms with Crippen molar-refractivity contribution < 1.29 is 4.42 Å². The van der Waals surface area contributed by atoms with Crippen LogP contribution < -0.4 is 5.32 Å². The van der Waals surface area contributed by atoms with Crippen LogP contribution in [0.25, 0.3) is 11.1 Å². The Morgan fingerprint density at radius 2 is 2.29 bits per heavy atom.